The molecule has 0 spiro atoms. The van der Waals surface area contributed by atoms with Crippen molar-refractivity contribution in [3.8, 4) is 0 Å². The summed E-state index contributed by atoms with van der Waals surface area (Å²) in [5.74, 6) is -0.923. The highest BCUT2D eigenvalue weighted by Crippen LogP contribution is 2.23. The first-order chi connectivity index (χ1) is 8.41. The lowest BCUT2D eigenvalue weighted by molar-refractivity contribution is -0.121. The number of hydrogen-bond acceptors (Lipinski definition) is 5. The van der Waals surface area contributed by atoms with Crippen molar-refractivity contribution >= 4 is 27.5 Å². The summed E-state index contributed by atoms with van der Waals surface area (Å²) in [6.07, 6.45) is 2.72. The number of carbonyl (C=O) groups is 1. The lowest BCUT2D eigenvalue weighted by Crippen LogP contribution is -2.31. The number of rotatable bonds is 3. The average Bonchev–Trinajstić information content (AvgIpc) is 2.79. The van der Waals surface area contributed by atoms with Gasteiger partial charge in [0.15, 0.2) is 0 Å². The van der Waals surface area contributed by atoms with E-state index in [1.807, 2.05) is 0 Å². The van der Waals surface area contributed by atoms with Crippen molar-refractivity contribution in [3.05, 3.63) is 17.7 Å². The Labute approximate surface area is 109 Å². The second-order valence-electron chi connectivity index (χ2n) is 3.94. The summed E-state index contributed by atoms with van der Waals surface area (Å²) in [6, 6.07) is 0. The van der Waals surface area contributed by atoms with E-state index in [1.54, 1.807) is 0 Å². The molecule has 2 heterocycles. The van der Waals surface area contributed by atoms with Crippen molar-refractivity contribution in [1.82, 2.24) is 14.3 Å². The summed E-state index contributed by atoms with van der Waals surface area (Å²) in [6.45, 7) is 0.360. The molecule has 0 saturated carbocycles. The first-order valence-corrected chi connectivity index (χ1v) is 7.00. The van der Waals surface area contributed by atoms with Crippen LogP contribution < -0.4 is 5.73 Å². The Morgan fingerprint density at radius 1 is 1.44 bits per heavy atom. The van der Waals surface area contributed by atoms with Crippen LogP contribution in [0, 0.1) is 5.92 Å². The lowest BCUT2D eigenvalue weighted by atomic mass is 10.1. The maximum Gasteiger partial charge on any atom is 0.246 e. The maximum absolute atomic E-state index is 12.2. The minimum atomic E-state index is -3.68. The third kappa shape index (κ3) is 2.45. The molecule has 98 valence electrons. The topological polar surface area (TPSA) is 106 Å². The molecule has 0 bridgehead atoms. The number of amides is 1. The summed E-state index contributed by atoms with van der Waals surface area (Å²) in [4.78, 5) is 18.2. The van der Waals surface area contributed by atoms with Gasteiger partial charge in [0.2, 0.25) is 21.2 Å². The van der Waals surface area contributed by atoms with E-state index < -0.39 is 21.8 Å². The Bertz CT molecular complexity index is 560. The molecule has 1 aliphatic heterocycles. The highest BCUT2D eigenvalue weighted by atomic mass is 35.5. The first-order valence-electron chi connectivity index (χ1n) is 5.18. The fourth-order valence-electron chi connectivity index (χ4n) is 1.76. The lowest BCUT2D eigenvalue weighted by Gasteiger charge is -2.15. The van der Waals surface area contributed by atoms with Crippen LogP contribution in [0.1, 0.15) is 6.42 Å². The van der Waals surface area contributed by atoms with Gasteiger partial charge in [-0.3, -0.25) is 4.79 Å². The Kier molecular flexibility index (Phi) is 3.51. The maximum atomic E-state index is 12.2. The van der Waals surface area contributed by atoms with Gasteiger partial charge in [-0.05, 0) is 18.0 Å². The van der Waals surface area contributed by atoms with Crippen LogP contribution in [0.2, 0.25) is 5.28 Å². The molecule has 1 atom stereocenters. The Balaban J connectivity index is 2.22. The van der Waals surface area contributed by atoms with Crippen LogP contribution in [0.25, 0.3) is 0 Å². The second-order valence-corrected chi connectivity index (χ2v) is 6.21. The number of sulfonamides is 1. The van der Waals surface area contributed by atoms with Crippen LogP contribution in [-0.4, -0.2) is 41.7 Å². The standard InChI is InChI=1S/C9H11ClN4O3S/c10-9-12-3-7(4-13-9)18(16,17)14-2-1-6(5-14)8(11)15/h3-4,6H,1-2,5H2,(H2,11,15). The van der Waals surface area contributed by atoms with Crippen molar-refractivity contribution < 1.29 is 13.2 Å². The number of halogens is 1. The van der Waals surface area contributed by atoms with E-state index >= 15 is 0 Å². The van der Waals surface area contributed by atoms with E-state index in [0.29, 0.717) is 6.42 Å². The van der Waals surface area contributed by atoms with E-state index in [-0.39, 0.29) is 23.3 Å². The second kappa shape index (κ2) is 4.79. The summed E-state index contributed by atoms with van der Waals surface area (Å²) >= 11 is 5.49. The van der Waals surface area contributed by atoms with Gasteiger partial charge in [-0.2, -0.15) is 4.31 Å². The van der Waals surface area contributed by atoms with Crippen LogP contribution in [0.15, 0.2) is 17.3 Å². The van der Waals surface area contributed by atoms with E-state index in [9.17, 15) is 13.2 Å². The zero-order valence-corrected chi connectivity index (χ0v) is 10.9. The minimum Gasteiger partial charge on any atom is -0.369 e. The van der Waals surface area contributed by atoms with Gasteiger partial charge in [0.25, 0.3) is 0 Å². The van der Waals surface area contributed by atoms with E-state index in [2.05, 4.69) is 9.97 Å². The molecule has 0 aromatic carbocycles. The summed E-state index contributed by atoms with van der Waals surface area (Å²) in [5.41, 5.74) is 5.16. The molecule has 9 heteroatoms. The van der Waals surface area contributed by atoms with Crippen LogP contribution in [-0.2, 0) is 14.8 Å². The van der Waals surface area contributed by atoms with Gasteiger partial charge in [-0.1, -0.05) is 0 Å². The Hall–Kier alpha value is -1.25. The fourth-order valence-corrected chi connectivity index (χ4v) is 3.25. The predicted molar refractivity (Wildman–Crippen MR) is 63.1 cm³/mol. The third-order valence-electron chi connectivity index (χ3n) is 2.79. The fraction of sp³-hybridized carbons (Fsp3) is 0.444. The molecule has 2 N–H and O–H groups in total. The van der Waals surface area contributed by atoms with Gasteiger partial charge in [-0.15, -0.1) is 0 Å². The highest BCUT2D eigenvalue weighted by molar-refractivity contribution is 7.89. The molecule has 0 radical (unpaired) electrons. The van der Waals surface area contributed by atoms with Crippen molar-refractivity contribution in [2.45, 2.75) is 11.3 Å². The number of hydrogen-bond donors (Lipinski definition) is 1. The number of carbonyl (C=O) groups excluding carboxylic acids is 1. The molecule has 1 aliphatic rings. The molecule has 1 unspecified atom stereocenters. The van der Waals surface area contributed by atoms with Gasteiger partial charge in [0.05, 0.1) is 18.3 Å². The molecule has 1 amide bonds. The molecule has 2 rings (SSSR count). The summed E-state index contributed by atoms with van der Waals surface area (Å²) < 4.78 is 25.5. The Morgan fingerprint density at radius 2 is 2.06 bits per heavy atom. The van der Waals surface area contributed by atoms with E-state index in [1.165, 1.54) is 4.31 Å². The molecule has 18 heavy (non-hydrogen) atoms. The molecule has 0 aliphatic carbocycles. The van der Waals surface area contributed by atoms with Crippen molar-refractivity contribution in [2.24, 2.45) is 11.7 Å². The summed E-state index contributed by atoms with van der Waals surface area (Å²) in [5, 5.41) is -0.0228. The number of aromatic nitrogens is 2. The first kappa shape index (κ1) is 13.2. The molecule has 1 aromatic heterocycles. The van der Waals surface area contributed by atoms with Crippen LogP contribution in [0.4, 0.5) is 0 Å². The van der Waals surface area contributed by atoms with Gasteiger partial charge in [0.1, 0.15) is 4.90 Å². The monoisotopic (exact) mass is 290 g/mol. The number of nitrogens with zero attached hydrogens (tertiary/aromatic N) is 3. The number of primary amides is 1. The number of nitrogens with two attached hydrogens (primary N) is 1. The summed E-state index contributed by atoms with van der Waals surface area (Å²) in [7, 11) is -3.68. The normalized spacial score (nSPS) is 21.1. The predicted octanol–water partition coefficient (Wildman–Crippen LogP) is -0.374. The largest absolute Gasteiger partial charge is 0.369 e. The molecular weight excluding hydrogens is 280 g/mol. The van der Waals surface area contributed by atoms with E-state index in [4.69, 9.17) is 17.3 Å². The third-order valence-corrected chi connectivity index (χ3v) is 4.80. The van der Waals surface area contributed by atoms with Crippen LogP contribution in [0.5, 0.6) is 0 Å². The minimum absolute atomic E-state index is 0.0228. The molecule has 7 nitrogen and oxygen atoms in total. The smallest absolute Gasteiger partial charge is 0.246 e. The molecule has 1 saturated heterocycles. The van der Waals surface area contributed by atoms with Gasteiger partial charge in [0, 0.05) is 13.1 Å². The zero-order valence-electron chi connectivity index (χ0n) is 9.28. The molecular formula is C9H11ClN4O3S. The molecule has 1 aromatic rings. The quantitative estimate of drug-likeness (QED) is 0.764. The molecule has 1 fully saturated rings. The van der Waals surface area contributed by atoms with Crippen molar-refractivity contribution in [2.75, 3.05) is 13.1 Å². The van der Waals surface area contributed by atoms with Crippen LogP contribution in [0.3, 0.4) is 0 Å². The van der Waals surface area contributed by atoms with Gasteiger partial charge >= 0.3 is 0 Å². The zero-order chi connectivity index (χ0) is 13.3. The van der Waals surface area contributed by atoms with Crippen molar-refractivity contribution in [3.63, 3.8) is 0 Å². The van der Waals surface area contributed by atoms with Crippen molar-refractivity contribution in [1.29, 1.82) is 0 Å². The van der Waals surface area contributed by atoms with Gasteiger partial charge in [-0.25, -0.2) is 18.4 Å². The highest BCUT2D eigenvalue weighted by Gasteiger charge is 2.35. The van der Waals surface area contributed by atoms with Crippen LogP contribution >= 0.6 is 11.6 Å². The SMILES string of the molecule is NC(=O)C1CCN(S(=O)(=O)c2cnc(Cl)nc2)C1. The average molecular weight is 291 g/mol. The Morgan fingerprint density at radius 3 is 2.56 bits per heavy atom. The van der Waals surface area contributed by atoms with E-state index in [0.717, 1.165) is 12.4 Å². The van der Waals surface area contributed by atoms with Gasteiger partial charge < -0.3 is 5.73 Å².